The molecule has 10 heteroatoms. The number of anilines is 1. The average Bonchev–Trinajstić information content (AvgIpc) is 3.14. The molecule has 0 fully saturated rings. The second kappa shape index (κ2) is 7.86. The lowest BCUT2D eigenvalue weighted by molar-refractivity contribution is -0.577. The van der Waals surface area contributed by atoms with E-state index in [4.69, 9.17) is 16.3 Å². The molecule has 2 aromatic carbocycles. The Kier molecular flexibility index (Phi) is 5.27. The molecule has 3 aromatic rings. The Morgan fingerprint density at radius 2 is 2.17 bits per heavy atom. The highest BCUT2D eigenvalue weighted by molar-refractivity contribution is 9.10. The number of aromatic amines is 1. The Bertz CT molecular complexity index is 1170. The summed E-state index contributed by atoms with van der Waals surface area (Å²) in [6.45, 7) is 0. The number of halogens is 2. The van der Waals surface area contributed by atoms with Crippen LogP contribution in [0.4, 0.5) is 11.4 Å². The molecule has 0 spiro atoms. The largest absolute Gasteiger partial charge is 0.495 e. The molecule has 29 heavy (non-hydrogen) atoms. The molecule has 4 N–H and O–H groups in total. The Labute approximate surface area is 178 Å². The fourth-order valence-corrected chi connectivity index (χ4v) is 3.94. The number of nitrogens with zero attached hydrogens (tertiary/aromatic N) is 2. The van der Waals surface area contributed by atoms with Gasteiger partial charge in [-0.1, -0.05) is 29.8 Å². The second-order valence-corrected chi connectivity index (χ2v) is 7.64. The van der Waals surface area contributed by atoms with Crippen molar-refractivity contribution in [1.29, 1.82) is 0 Å². The SMILES string of the molecule is COc1cc(Br)c([N+](=O)[O-])cc1NC1=NC=C(Cl)C(c2c[nH]c3ccccc23)[NH2+]1. The molecule has 0 saturated carbocycles. The highest BCUT2D eigenvalue weighted by Gasteiger charge is 2.28. The summed E-state index contributed by atoms with van der Waals surface area (Å²) in [5, 5.41) is 17.9. The zero-order valence-corrected chi connectivity index (χ0v) is 17.5. The maximum atomic E-state index is 11.3. The summed E-state index contributed by atoms with van der Waals surface area (Å²) in [7, 11) is 1.50. The molecule has 1 aliphatic heterocycles. The molecular formula is C19H16BrClN5O3+. The van der Waals surface area contributed by atoms with Crippen molar-refractivity contribution >= 4 is 55.8 Å². The van der Waals surface area contributed by atoms with Crippen molar-refractivity contribution in [2.75, 3.05) is 12.4 Å². The van der Waals surface area contributed by atoms with Crippen LogP contribution in [0.3, 0.4) is 0 Å². The summed E-state index contributed by atoms with van der Waals surface area (Å²) in [5.41, 5.74) is 2.39. The Hall–Kier alpha value is -2.88. The maximum absolute atomic E-state index is 11.3. The topological polar surface area (TPSA) is 109 Å². The van der Waals surface area contributed by atoms with Crippen molar-refractivity contribution in [1.82, 2.24) is 4.98 Å². The molecule has 0 aliphatic carbocycles. The van der Waals surface area contributed by atoms with E-state index in [1.807, 2.05) is 35.8 Å². The van der Waals surface area contributed by atoms with Crippen molar-refractivity contribution in [3.8, 4) is 5.75 Å². The predicted molar refractivity (Wildman–Crippen MR) is 115 cm³/mol. The minimum absolute atomic E-state index is 0.0773. The van der Waals surface area contributed by atoms with Crippen LogP contribution in [0.15, 0.2) is 63.3 Å². The van der Waals surface area contributed by atoms with Crippen LogP contribution in [0.5, 0.6) is 5.75 Å². The summed E-state index contributed by atoms with van der Waals surface area (Å²) < 4.78 is 5.68. The summed E-state index contributed by atoms with van der Waals surface area (Å²) in [6.07, 6.45) is 3.51. The van der Waals surface area contributed by atoms with E-state index in [0.717, 1.165) is 16.5 Å². The fraction of sp³-hybridized carbons (Fsp3) is 0.105. The van der Waals surface area contributed by atoms with Crippen molar-refractivity contribution < 1.29 is 15.0 Å². The third kappa shape index (κ3) is 3.71. The third-order valence-corrected chi connectivity index (χ3v) is 5.60. The van der Waals surface area contributed by atoms with E-state index in [0.29, 0.717) is 26.9 Å². The van der Waals surface area contributed by atoms with Crippen LogP contribution < -0.4 is 15.4 Å². The van der Waals surface area contributed by atoms with Crippen LogP contribution in [-0.4, -0.2) is 23.0 Å². The molecule has 0 bridgehead atoms. The van der Waals surface area contributed by atoms with Crippen LogP contribution in [0.1, 0.15) is 11.6 Å². The van der Waals surface area contributed by atoms with Gasteiger partial charge in [-0.25, -0.2) is 0 Å². The molecule has 0 saturated heterocycles. The molecule has 4 rings (SSSR count). The number of para-hydroxylation sites is 1. The van der Waals surface area contributed by atoms with Crippen molar-refractivity contribution in [2.45, 2.75) is 6.04 Å². The molecule has 1 aromatic heterocycles. The van der Waals surface area contributed by atoms with Crippen LogP contribution in [-0.2, 0) is 0 Å². The van der Waals surface area contributed by atoms with Crippen molar-refractivity contribution in [3.05, 3.63) is 74.0 Å². The molecule has 1 aliphatic rings. The van der Waals surface area contributed by atoms with Crippen molar-refractivity contribution in [2.24, 2.45) is 4.99 Å². The van der Waals surface area contributed by atoms with Crippen LogP contribution in [0.25, 0.3) is 10.9 Å². The number of quaternary nitrogens is 1. The number of hydrogen-bond acceptors (Lipinski definition) is 5. The molecule has 0 amide bonds. The number of methoxy groups -OCH3 is 1. The zero-order chi connectivity index (χ0) is 20.5. The molecule has 8 nitrogen and oxygen atoms in total. The van der Waals surface area contributed by atoms with Gasteiger partial charge in [0.2, 0.25) is 0 Å². The van der Waals surface area contributed by atoms with Gasteiger partial charge in [0.25, 0.3) is 5.69 Å². The lowest BCUT2D eigenvalue weighted by Gasteiger charge is -2.19. The van der Waals surface area contributed by atoms with Gasteiger partial charge in [-0.2, -0.15) is 4.99 Å². The van der Waals surface area contributed by atoms with E-state index < -0.39 is 4.92 Å². The quantitative estimate of drug-likeness (QED) is 0.389. The maximum Gasteiger partial charge on any atom is 0.304 e. The van der Waals surface area contributed by atoms with Crippen LogP contribution in [0, 0.1) is 10.1 Å². The molecule has 148 valence electrons. The number of hydrogen-bond donors (Lipinski definition) is 3. The molecule has 1 unspecified atom stereocenters. The molecule has 2 heterocycles. The molecule has 1 atom stereocenters. The number of nitrogens with one attached hydrogen (secondary N) is 2. The summed E-state index contributed by atoms with van der Waals surface area (Å²) in [5.74, 6) is 0.961. The summed E-state index contributed by atoms with van der Waals surface area (Å²) in [6, 6.07) is 10.7. The number of guanidine groups is 1. The number of benzene rings is 2. The number of nitro groups is 1. The van der Waals surface area contributed by atoms with Gasteiger partial charge in [0.1, 0.15) is 5.75 Å². The van der Waals surface area contributed by atoms with Crippen LogP contribution >= 0.6 is 27.5 Å². The molecule has 0 radical (unpaired) electrons. The Morgan fingerprint density at radius 1 is 1.38 bits per heavy atom. The van der Waals surface area contributed by atoms with Gasteiger partial charge in [0.15, 0.2) is 6.04 Å². The van der Waals surface area contributed by atoms with Crippen molar-refractivity contribution in [3.63, 3.8) is 0 Å². The standard InChI is InChI=1S/C19H15BrClN5O3/c1-29-17-6-12(20)16(26(27)28)7-15(17)24-19-23-9-13(21)18(25-19)11-8-22-14-5-3-2-4-10(11)14/h2-9,18,22H,1H3,(H2,23,24,25)/p+1. The van der Waals surface area contributed by atoms with Gasteiger partial charge in [-0.3, -0.25) is 20.7 Å². The van der Waals surface area contributed by atoms with Crippen LogP contribution in [0.2, 0.25) is 0 Å². The van der Waals surface area contributed by atoms with Gasteiger partial charge in [0, 0.05) is 34.8 Å². The number of aliphatic imine (C=N–C) groups is 1. The second-order valence-electron chi connectivity index (χ2n) is 6.35. The Morgan fingerprint density at radius 3 is 2.93 bits per heavy atom. The Balaban J connectivity index is 1.66. The zero-order valence-electron chi connectivity index (χ0n) is 15.1. The van der Waals surface area contributed by atoms with E-state index in [2.05, 4.69) is 31.2 Å². The number of nitro benzene ring substituents is 1. The van der Waals surface area contributed by atoms with E-state index in [-0.39, 0.29) is 11.7 Å². The first-order valence-electron chi connectivity index (χ1n) is 8.61. The van der Waals surface area contributed by atoms with E-state index in [1.165, 1.54) is 13.2 Å². The van der Waals surface area contributed by atoms with E-state index in [9.17, 15) is 10.1 Å². The highest BCUT2D eigenvalue weighted by Crippen LogP contribution is 2.36. The smallest absolute Gasteiger partial charge is 0.304 e. The van der Waals surface area contributed by atoms with Gasteiger partial charge in [0.05, 0.1) is 33.4 Å². The first-order chi connectivity index (χ1) is 14.0. The van der Waals surface area contributed by atoms with E-state index >= 15 is 0 Å². The average molecular weight is 478 g/mol. The predicted octanol–water partition coefficient (Wildman–Crippen LogP) is 4.01. The minimum Gasteiger partial charge on any atom is -0.495 e. The summed E-state index contributed by atoms with van der Waals surface area (Å²) >= 11 is 9.65. The van der Waals surface area contributed by atoms with Gasteiger partial charge in [-0.05, 0) is 22.0 Å². The highest BCUT2D eigenvalue weighted by atomic mass is 79.9. The summed E-state index contributed by atoms with van der Waals surface area (Å²) in [4.78, 5) is 18.4. The lowest BCUT2D eigenvalue weighted by atomic mass is 10.1. The first-order valence-corrected chi connectivity index (χ1v) is 9.78. The number of H-pyrrole nitrogens is 1. The number of nitrogens with two attached hydrogens (primary N) is 1. The first kappa shape index (κ1) is 19.4. The minimum atomic E-state index is -0.466. The lowest BCUT2D eigenvalue weighted by Crippen LogP contribution is -2.91. The number of ether oxygens (including phenoxy) is 1. The fourth-order valence-electron chi connectivity index (χ4n) is 3.24. The third-order valence-electron chi connectivity index (χ3n) is 4.63. The number of aromatic nitrogens is 1. The molecular weight excluding hydrogens is 462 g/mol. The van der Waals surface area contributed by atoms with Gasteiger partial charge in [-0.15, -0.1) is 0 Å². The van der Waals surface area contributed by atoms with Gasteiger partial charge >= 0.3 is 5.96 Å². The normalized spacial score (nSPS) is 16.3. The number of rotatable bonds is 4. The van der Waals surface area contributed by atoms with E-state index in [1.54, 1.807) is 12.3 Å². The van der Waals surface area contributed by atoms with Gasteiger partial charge < -0.3 is 9.72 Å². The monoisotopic (exact) mass is 476 g/mol. The number of fused-ring (bicyclic) bond motifs is 1.